The maximum Gasteiger partial charge on any atom is 0.416 e. The van der Waals surface area contributed by atoms with Crippen LogP contribution < -0.4 is 5.73 Å². The highest BCUT2D eigenvalue weighted by Gasteiger charge is 2.29. The van der Waals surface area contributed by atoms with E-state index in [-0.39, 0.29) is 6.42 Å². The minimum absolute atomic E-state index is 0.0435. The molecule has 0 spiro atoms. The topological polar surface area (TPSA) is 43.1 Å². The number of hydrogen-bond acceptors (Lipinski definition) is 1. The van der Waals surface area contributed by atoms with E-state index in [1.807, 2.05) is 0 Å². The lowest BCUT2D eigenvalue weighted by molar-refractivity contribution is -0.137. The van der Waals surface area contributed by atoms with Crippen LogP contribution >= 0.6 is 0 Å². The maximum absolute atomic E-state index is 12.1. The summed E-state index contributed by atoms with van der Waals surface area (Å²) in [7, 11) is 0. The standard InChI is InChI=1S/C9H8F3NO/c10-9(11,12)7-3-1-6(2-4-7)5-8(13)14/h1-4H,5H2,(H2,13,14). The second kappa shape index (κ2) is 3.69. The normalized spacial score (nSPS) is 11.4. The lowest BCUT2D eigenvalue weighted by Gasteiger charge is -2.06. The van der Waals surface area contributed by atoms with E-state index in [1.165, 1.54) is 12.1 Å². The fourth-order valence-corrected chi connectivity index (χ4v) is 1.01. The van der Waals surface area contributed by atoms with E-state index < -0.39 is 17.6 Å². The monoisotopic (exact) mass is 203 g/mol. The van der Waals surface area contributed by atoms with E-state index in [0.29, 0.717) is 5.56 Å². The number of nitrogens with two attached hydrogens (primary N) is 1. The van der Waals surface area contributed by atoms with Gasteiger partial charge in [-0.2, -0.15) is 13.2 Å². The van der Waals surface area contributed by atoms with Crippen molar-refractivity contribution in [1.29, 1.82) is 0 Å². The summed E-state index contributed by atoms with van der Waals surface area (Å²) >= 11 is 0. The zero-order valence-corrected chi connectivity index (χ0v) is 7.14. The molecule has 0 saturated carbocycles. The summed E-state index contributed by atoms with van der Waals surface area (Å²) in [4.78, 5) is 10.5. The van der Waals surface area contributed by atoms with Crippen molar-refractivity contribution in [3.05, 3.63) is 35.4 Å². The first-order chi connectivity index (χ1) is 6.39. The molecule has 0 aliphatic rings. The quantitative estimate of drug-likeness (QED) is 0.781. The molecule has 0 aliphatic carbocycles. The van der Waals surface area contributed by atoms with Gasteiger partial charge in [0.25, 0.3) is 0 Å². The summed E-state index contributed by atoms with van der Waals surface area (Å²) in [6.45, 7) is 0. The van der Waals surface area contributed by atoms with Gasteiger partial charge in [-0.15, -0.1) is 0 Å². The first-order valence-electron chi connectivity index (χ1n) is 3.84. The molecule has 0 aliphatic heterocycles. The minimum atomic E-state index is -4.34. The molecule has 0 heterocycles. The van der Waals surface area contributed by atoms with Gasteiger partial charge in [-0.1, -0.05) is 12.1 Å². The first kappa shape index (κ1) is 10.6. The Morgan fingerprint density at radius 3 is 2.07 bits per heavy atom. The number of alkyl halides is 3. The molecule has 0 unspecified atom stereocenters. The molecular formula is C9H8F3NO. The molecule has 1 amide bonds. The molecule has 14 heavy (non-hydrogen) atoms. The van der Waals surface area contributed by atoms with Crippen molar-refractivity contribution in [2.24, 2.45) is 5.73 Å². The molecular weight excluding hydrogens is 195 g/mol. The number of rotatable bonds is 2. The van der Waals surface area contributed by atoms with E-state index >= 15 is 0 Å². The third-order valence-electron chi connectivity index (χ3n) is 1.66. The number of amides is 1. The van der Waals surface area contributed by atoms with Gasteiger partial charge < -0.3 is 5.73 Å². The second-order valence-corrected chi connectivity index (χ2v) is 2.84. The molecule has 0 bridgehead atoms. The van der Waals surface area contributed by atoms with Gasteiger partial charge in [-0.3, -0.25) is 4.79 Å². The summed E-state index contributed by atoms with van der Waals surface area (Å²) in [6, 6.07) is 4.34. The number of primary amides is 1. The van der Waals surface area contributed by atoms with Gasteiger partial charge in [-0.05, 0) is 17.7 Å². The van der Waals surface area contributed by atoms with Gasteiger partial charge in [-0.25, -0.2) is 0 Å². The number of hydrogen-bond donors (Lipinski definition) is 1. The maximum atomic E-state index is 12.1. The van der Waals surface area contributed by atoms with Crippen LogP contribution in [0.25, 0.3) is 0 Å². The fraction of sp³-hybridized carbons (Fsp3) is 0.222. The van der Waals surface area contributed by atoms with Gasteiger partial charge in [0.2, 0.25) is 5.91 Å². The van der Waals surface area contributed by atoms with E-state index in [2.05, 4.69) is 0 Å². The summed E-state index contributed by atoms with van der Waals surface area (Å²) in [5.41, 5.74) is 4.63. The van der Waals surface area contributed by atoms with E-state index in [1.54, 1.807) is 0 Å². The summed E-state index contributed by atoms with van der Waals surface area (Å²) in [6.07, 6.45) is -4.39. The van der Waals surface area contributed by atoms with Crippen molar-refractivity contribution < 1.29 is 18.0 Å². The van der Waals surface area contributed by atoms with Crippen LogP contribution in [0.5, 0.6) is 0 Å². The van der Waals surface area contributed by atoms with E-state index in [4.69, 9.17) is 5.73 Å². The average molecular weight is 203 g/mol. The van der Waals surface area contributed by atoms with E-state index in [0.717, 1.165) is 12.1 Å². The fourth-order valence-electron chi connectivity index (χ4n) is 1.01. The molecule has 76 valence electrons. The van der Waals surface area contributed by atoms with Gasteiger partial charge in [0.15, 0.2) is 0 Å². The highest BCUT2D eigenvalue weighted by atomic mass is 19.4. The Balaban J connectivity index is 2.84. The van der Waals surface area contributed by atoms with Crippen molar-refractivity contribution in [3.8, 4) is 0 Å². The molecule has 1 aromatic carbocycles. The Labute approximate surface area is 78.5 Å². The highest BCUT2D eigenvalue weighted by Crippen LogP contribution is 2.29. The van der Waals surface area contributed by atoms with Gasteiger partial charge in [0, 0.05) is 0 Å². The molecule has 1 rings (SSSR count). The number of benzene rings is 1. The Kier molecular flexibility index (Phi) is 2.78. The van der Waals surface area contributed by atoms with Crippen LogP contribution in [-0.2, 0) is 17.4 Å². The predicted octanol–water partition coefficient (Wildman–Crippen LogP) is 1.73. The van der Waals surface area contributed by atoms with Crippen LogP contribution in [0.3, 0.4) is 0 Å². The van der Waals surface area contributed by atoms with Crippen LogP contribution in [0.15, 0.2) is 24.3 Å². The zero-order valence-electron chi connectivity index (χ0n) is 7.14. The Hall–Kier alpha value is -1.52. The van der Waals surface area contributed by atoms with Crippen molar-refractivity contribution in [3.63, 3.8) is 0 Å². The van der Waals surface area contributed by atoms with Crippen molar-refractivity contribution >= 4 is 5.91 Å². The van der Waals surface area contributed by atoms with Crippen LogP contribution in [0, 0.1) is 0 Å². The number of carbonyl (C=O) groups excluding carboxylic acids is 1. The number of carbonyl (C=O) groups is 1. The first-order valence-corrected chi connectivity index (χ1v) is 3.84. The minimum Gasteiger partial charge on any atom is -0.369 e. The molecule has 0 radical (unpaired) electrons. The number of halogens is 3. The lowest BCUT2D eigenvalue weighted by Crippen LogP contribution is -2.13. The summed E-state index contributed by atoms with van der Waals surface area (Å²) in [5, 5.41) is 0. The Morgan fingerprint density at radius 1 is 1.21 bits per heavy atom. The van der Waals surface area contributed by atoms with Crippen LogP contribution in [0.1, 0.15) is 11.1 Å². The van der Waals surface area contributed by atoms with Crippen molar-refractivity contribution in [1.82, 2.24) is 0 Å². The average Bonchev–Trinajstić information content (AvgIpc) is 2.02. The summed E-state index contributed by atoms with van der Waals surface area (Å²) in [5.74, 6) is -0.565. The summed E-state index contributed by atoms with van der Waals surface area (Å²) < 4.78 is 36.3. The van der Waals surface area contributed by atoms with Gasteiger partial charge in [0.05, 0.1) is 12.0 Å². The largest absolute Gasteiger partial charge is 0.416 e. The highest BCUT2D eigenvalue weighted by molar-refractivity contribution is 5.76. The molecule has 0 aromatic heterocycles. The van der Waals surface area contributed by atoms with Gasteiger partial charge >= 0.3 is 6.18 Å². The molecule has 2 N–H and O–H groups in total. The predicted molar refractivity (Wildman–Crippen MR) is 44.3 cm³/mol. The molecule has 1 aromatic rings. The van der Waals surface area contributed by atoms with Crippen molar-refractivity contribution in [2.45, 2.75) is 12.6 Å². The lowest BCUT2D eigenvalue weighted by atomic mass is 10.1. The van der Waals surface area contributed by atoms with Gasteiger partial charge in [0.1, 0.15) is 0 Å². The molecule has 5 heteroatoms. The zero-order chi connectivity index (χ0) is 10.8. The van der Waals surface area contributed by atoms with Crippen molar-refractivity contribution in [2.75, 3.05) is 0 Å². The molecule has 0 fully saturated rings. The molecule has 2 nitrogen and oxygen atoms in total. The molecule has 0 saturated heterocycles. The second-order valence-electron chi connectivity index (χ2n) is 2.84. The van der Waals surface area contributed by atoms with Crippen LogP contribution in [-0.4, -0.2) is 5.91 Å². The van der Waals surface area contributed by atoms with E-state index in [9.17, 15) is 18.0 Å². The Bertz CT molecular complexity index is 329. The molecule has 0 atom stereocenters. The Morgan fingerprint density at radius 2 is 1.71 bits per heavy atom. The van der Waals surface area contributed by atoms with Crippen LogP contribution in [0.4, 0.5) is 13.2 Å². The third kappa shape index (κ3) is 2.76. The third-order valence-corrected chi connectivity index (χ3v) is 1.66. The smallest absolute Gasteiger partial charge is 0.369 e. The van der Waals surface area contributed by atoms with Crippen LogP contribution in [0.2, 0.25) is 0 Å². The SMILES string of the molecule is NC(=O)Cc1ccc(C(F)(F)F)cc1.